The Balaban J connectivity index is 1.96. The van der Waals surface area contributed by atoms with Gasteiger partial charge in [-0.25, -0.2) is 4.98 Å². The molecule has 1 aromatic heterocycles. The Hall–Kier alpha value is -1.62. The second-order valence-corrected chi connectivity index (χ2v) is 5.86. The average Bonchev–Trinajstić information content (AvgIpc) is 2.46. The number of hydrogen-bond donors (Lipinski definition) is 2. The second-order valence-electron chi connectivity index (χ2n) is 5.86. The molecule has 1 aliphatic heterocycles. The summed E-state index contributed by atoms with van der Waals surface area (Å²) in [6.07, 6.45) is 5.48. The van der Waals surface area contributed by atoms with Gasteiger partial charge in [-0.1, -0.05) is 19.8 Å². The predicted molar refractivity (Wildman–Crippen MR) is 85.2 cm³/mol. The van der Waals surface area contributed by atoms with Gasteiger partial charge in [0, 0.05) is 23.8 Å². The molecule has 1 aromatic rings. The monoisotopic (exact) mass is 290 g/mol. The highest BCUT2D eigenvalue weighted by molar-refractivity contribution is 5.94. The van der Waals surface area contributed by atoms with Crippen LogP contribution in [0.1, 0.15) is 48.7 Å². The van der Waals surface area contributed by atoms with Crippen molar-refractivity contribution in [3.63, 3.8) is 0 Å². The predicted octanol–water partition coefficient (Wildman–Crippen LogP) is 1.83. The standard InChI is InChI=1S/C16H26N4O/c1-3-6-13-9-12(10-15(17)19-13)16(21)18-11-14-7-4-5-8-20(14)2/h9-10,14H,3-8,11H2,1-2H3,(H2,17,19)(H,18,21). The van der Waals surface area contributed by atoms with Crippen LogP contribution in [0.4, 0.5) is 5.82 Å². The van der Waals surface area contributed by atoms with Gasteiger partial charge in [-0.15, -0.1) is 0 Å². The Labute approximate surface area is 126 Å². The van der Waals surface area contributed by atoms with E-state index in [1.807, 2.05) is 6.07 Å². The van der Waals surface area contributed by atoms with E-state index in [2.05, 4.69) is 29.2 Å². The number of nitrogens with one attached hydrogen (secondary N) is 1. The zero-order valence-electron chi connectivity index (χ0n) is 13.1. The summed E-state index contributed by atoms with van der Waals surface area (Å²) in [5, 5.41) is 3.03. The number of likely N-dealkylation sites (N-methyl/N-ethyl adjacent to an activating group) is 1. The number of pyridine rings is 1. The fraction of sp³-hybridized carbons (Fsp3) is 0.625. The minimum atomic E-state index is -0.0552. The van der Waals surface area contributed by atoms with Crippen LogP contribution in [0.3, 0.4) is 0 Å². The van der Waals surface area contributed by atoms with E-state index < -0.39 is 0 Å². The third kappa shape index (κ3) is 4.43. The number of nitrogens with zero attached hydrogens (tertiary/aromatic N) is 2. The summed E-state index contributed by atoms with van der Waals surface area (Å²) in [4.78, 5) is 18.9. The summed E-state index contributed by atoms with van der Waals surface area (Å²) >= 11 is 0. The van der Waals surface area contributed by atoms with Crippen molar-refractivity contribution in [2.24, 2.45) is 0 Å². The Kier molecular flexibility index (Phi) is 5.56. The second kappa shape index (κ2) is 7.41. The van der Waals surface area contributed by atoms with Gasteiger partial charge in [0.15, 0.2) is 0 Å². The number of rotatable bonds is 5. The molecule has 0 aromatic carbocycles. The summed E-state index contributed by atoms with van der Waals surface area (Å²) in [5.41, 5.74) is 7.29. The van der Waals surface area contributed by atoms with Crippen LogP contribution in [0.2, 0.25) is 0 Å². The molecule has 0 aliphatic carbocycles. The highest BCUT2D eigenvalue weighted by Gasteiger charge is 2.19. The molecular weight excluding hydrogens is 264 g/mol. The first kappa shape index (κ1) is 15.8. The number of carbonyl (C=O) groups excluding carboxylic acids is 1. The van der Waals surface area contributed by atoms with Crippen molar-refractivity contribution in [2.75, 3.05) is 25.9 Å². The van der Waals surface area contributed by atoms with Crippen molar-refractivity contribution < 1.29 is 4.79 Å². The molecule has 3 N–H and O–H groups in total. The summed E-state index contributed by atoms with van der Waals surface area (Å²) < 4.78 is 0. The Morgan fingerprint density at radius 1 is 1.48 bits per heavy atom. The molecule has 5 nitrogen and oxygen atoms in total. The van der Waals surface area contributed by atoms with Crippen molar-refractivity contribution in [1.82, 2.24) is 15.2 Å². The number of hydrogen-bond acceptors (Lipinski definition) is 4. The molecule has 0 spiro atoms. The van der Waals surface area contributed by atoms with Gasteiger partial charge in [0.25, 0.3) is 5.91 Å². The van der Waals surface area contributed by atoms with Crippen molar-refractivity contribution in [3.8, 4) is 0 Å². The summed E-state index contributed by atoms with van der Waals surface area (Å²) in [5.74, 6) is 0.362. The van der Waals surface area contributed by atoms with Crippen molar-refractivity contribution in [3.05, 3.63) is 23.4 Å². The lowest BCUT2D eigenvalue weighted by atomic mass is 10.0. The van der Waals surface area contributed by atoms with Crippen LogP contribution in [-0.2, 0) is 6.42 Å². The zero-order valence-corrected chi connectivity index (χ0v) is 13.1. The van der Waals surface area contributed by atoms with E-state index in [9.17, 15) is 4.79 Å². The minimum absolute atomic E-state index is 0.0552. The fourth-order valence-electron chi connectivity index (χ4n) is 2.84. The maximum absolute atomic E-state index is 12.3. The fourth-order valence-corrected chi connectivity index (χ4v) is 2.84. The number of piperidine rings is 1. The van der Waals surface area contributed by atoms with E-state index in [4.69, 9.17) is 5.73 Å². The molecule has 1 aliphatic rings. The van der Waals surface area contributed by atoms with Crippen LogP contribution in [0.25, 0.3) is 0 Å². The number of aryl methyl sites for hydroxylation is 1. The van der Waals surface area contributed by atoms with Gasteiger partial charge in [-0.05, 0) is 45.0 Å². The maximum atomic E-state index is 12.3. The summed E-state index contributed by atoms with van der Waals surface area (Å²) in [7, 11) is 2.12. The average molecular weight is 290 g/mol. The zero-order chi connectivity index (χ0) is 15.2. The highest BCUT2D eigenvalue weighted by atomic mass is 16.1. The third-order valence-electron chi connectivity index (χ3n) is 4.09. The van der Waals surface area contributed by atoms with Crippen LogP contribution in [0.15, 0.2) is 12.1 Å². The van der Waals surface area contributed by atoms with Gasteiger partial charge in [0.2, 0.25) is 0 Å². The van der Waals surface area contributed by atoms with Crippen LogP contribution in [0, 0.1) is 0 Å². The molecule has 116 valence electrons. The molecule has 1 amide bonds. The first-order valence-electron chi connectivity index (χ1n) is 7.85. The largest absolute Gasteiger partial charge is 0.384 e. The van der Waals surface area contributed by atoms with Crippen molar-refractivity contribution in [2.45, 2.75) is 45.1 Å². The van der Waals surface area contributed by atoms with Gasteiger partial charge in [0.05, 0.1) is 0 Å². The van der Waals surface area contributed by atoms with Crippen LogP contribution in [0.5, 0.6) is 0 Å². The molecule has 0 radical (unpaired) electrons. The number of carbonyl (C=O) groups is 1. The molecular formula is C16H26N4O. The number of nitrogens with two attached hydrogens (primary N) is 1. The lowest BCUT2D eigenvalue weighted by molar-refractivity contribution is 0.0928. The topological polar surface area (TPSA) is 71.2 Å². The van der Waals surface area contributed by atoms with E-state index in [-0.39, 0.29) is 5.91 Å². The Morgan fingerprint density at radius 2 is 2.29 bits per heavy atom. The lowest BCUT2D eigenvalue weighted by Gasteiger charge is -2.32. The highest BCUT2D eigenvalue weighted by Crippen LogP contribution is 2.14. The van der Waals surface area contributed by atoms with Crippen molar-refractivity contribution in [1.29, 1.82) is 0 Å². The van der Waals surface area contributed by atoms with E-state index in [0.717, 1.165) is 31.5 Å². The minimum Gasteiger partial charge on any atom is -0.384 e. The van der Waals surface area contributed by atoms with Gasteiger partial charge in [-0.2, -0.15) is 0 Å². The first-order valence-corrected chi connectivity index (χ1v) is 7.85. The first-order chi connectivity index (χ1) is 10.1. The van der Waals surface area contributed by atoms with Gasteiger partial charge >= 0.3 is 0 Å². The van der Waals surface area contributed by atoms with E-state index in [1.54, 1.807) is 6.07 Å². The SMILES string of the molecule is CCCc1cc(C(=O)NCC2CCCCN2C)cc(N)n1. The van der Waals surface area contributed by atoms with Gasteiger partial charge in [0.1, 0.15) is 5.82 Å². The number of likely N-dealkylation sites (tertiary alicyclic amines) is 1. The number of aromatic nitrogens is 1. The summed E-state index contributed by atoms with van der Waals surface area (Å²) in [6, 6.07) is 3.94. The van der Waals surface area contributed by atoms with Crippen LogP contribution in [-0.4, -0.2) is 42.0 Å². The van der Waals surface area contributed by atoms with Gasteiger partial charge < -0.3 is 16.0 Å². The van der Waals surface area contributed by atoms with Crippen LogP contribution >= 0.6 is 0 Å². The molecule has 1 atom stereocenters. The molecule has 1 saturated heterocycles. The molecule has 0 saturated carbocycles. The number of nitrogen functional groups attached to an aromatic ring is 1. The third-order valence-corrected chi connectivity index (χ3v) is 4.09. The molecule has 2 heterocycles. The molecule has 21 heavy (non-hydrogen) atoms. The number of anilines is 1. The Morgan fingerprint density at radius 3 is 3.00 bits per heavy atom. The molecule has 1 fully saturated rings. The molecule has 1 unspecified atom stereocenters. The van der Waals surface area contributed by atoms with Gasteiger partial charge in [-0.3, -0.25) is 4.79 Å². The van der Waals surface area contributed by atoms with E-state index in [1.165, 1.54) is 12.8 Å². The molecule has 0 bridgehead atoms. The quantitative estimate of drug-likeness (QED) is 0.868. The van der Waals surface area contributed by atoms with E-state index >= 15 is 0 Å². The van der Waals surface area contributed by atoms with Crippen LogP contribution < -0.4 is 11.1 Å². The number of amides is 1. The smallest absolute Gasteiger partial charge is 0.251 e. The Bertz CT molecular complexity index is 489. The normalized spacial score (nSPS) is 19.4. The van der Waals surface area contributed by atoms with Crippen molar-refractivity contribution >= 4 is 11.7 Å². The molecule has 5 heteroatoms. The lowest BCUT2D eigenvalue weighted by Crippen LogP contribution is -2.44. The van der Waals surface area contributed by atoms with E-state index in [0.29, 0.717) is 24.0 Å². The summed E-state index contributed by atoms with van der Waals surface area (Å²) in [6.45, 7) is 3.90. The maximum Gasteiger partial charge on any atom is 0.251 e. The molecule has 2 rings (SSSR count).